The molecule has 0 heterocycles. The van der Waals surface area contributed by atoms with E-state index in [1.54, 1.807) is 0 Å². The van der Waals surface area contributed by atoms with Gasteiger partial charge in [0, 0.05) is 0 Å². The second kappa shape index (κ2) is 18.4. The summed E-state index contributed by atoms with van der Waals surface area (Å²) in [4.78, 5) is 0. The molecule has 0 aliphatic heterocycles. The summed E-state index contributed by atoms with van der Waals surface area (Å²) in [6.45, 7) is 0. The zero-order valence-electron chi connectivity index (χ0n) is 4.67. The van der Waals surface area contributed by atoms with E-state index in [2.05, 4.69) is 0 Å². The van der Waals surface area contributed by atoms with E-state index in [1.807, 2.05) is 0 Å². The maximum absolute atomic E-state index is 8.56. The molecule has 0 radical (unpaired) electrons. The molecule has 0 aromatic heterocycles. The molecule has 0 saturated carbocycles. The van der Waals surface area contributed by atoms with Gasteiger partial charge in [-0.25, -0.2) is 0 Å². The van der Waals surface area contributed by atoms with Crippen LogP contribution in [0.3, 0.4) is 0 Å². The zero-order valence-corrected chi connectivity index (χ0v) is 25.4. The van der Waals surface area contributed by atoms with E-state index >= 15 is 0 Å². The third-order valence-electron chi connectivity index (χ3n) is 0. The minimum absolute atomic E-state index is 0. The molecule has 26 valence electrons. The van der Waals surface area contributed by atoms with Crippen molar-refractivity contribution in [2.45, 2.75) is 0 Å². The van der Waals surface area contributed by atoms with Gasteiger partial charge in [0.25, 0.3) is 0 Å². The number of hydrogen-bond donors (Lipinski definition) is 0. The van der Waals surface area contributed by atoms with Crippen molar-refractivity contribution in [1.29, 1.82) is 0 Å². The average Bonchev–Trinajstić information content (AvgIpc) is 0.811. The van der Waals surface area contributed by atoms with Crippen molar-refractivity contribution < 1.29 is 219 Å². The van der Waals surface area contributed by atoms with Crippen LogP contribution < -0.4 is 219 Å². The quantitative estimate of drug-likeness (QED) is 0.298. The number of hydrogen-bond acceptors (Lipinski definition) is 3. The second-order valence-corrected chi connectivity index (χ2v) is 1.16. The van der Waals surface area contributed by atoms with E-state index in [4.69, 9.17) is 12.3 Å². The molecule has 0 amide bonds. The Morgan fingerprint density at radius 3 is 0.714 bits per heavy atom. The molecule has 0 fully saturated rings. The summed E-state index contributed by atoms with van der Waals surface area (Å²) in [7, 11) is 0. The van der Waals surface area contributed by atoms with E-state index in [-0.39, 0.29) is 207 Å². The van der Waals surface area contributed by atoms with Crippen LogP contribution in [0.25, 0.3) is 0 Å². The molecule has 7 heavy (non-hydrogen) atoms. The maximum atomic E-state index is 8.56. The Balaban J connectivity index is -0.0000000150. The van der Waals surface area contributed by atoms with Crippen molar-refractivity contribution in [3.05, 3.63) is 0 Å². The zero-order chi connectivity index (χ0) is 3.58. The molecule has 0 N–H and O–H groups in total. The van der Waals surface area contributed by atoms with Crippen LogP contribution in [0.1, 0.15) is 0 Å². The van der Waals surface area contributed by atoms with Gasteiger partial charge < -0.3 is 0 Å². The van der Waals surface area contributed by atoms with E-state index < -0.39 is 15.7 Å². The van der Waals surface area contributed by atoms with Gasteiger partial charge in [0.05, 0.1) is 0 Å². The van der Waals surface area contributed by atoms with Crippen molar-refractivity contribution in [2.75, 3.05) is 0 Å². The monoisotopic (exact) mass is 522 g/mol. The predicted octanol–water partition coefficient (Wildman–Crippen LogP) is -12.9. The summed E-state index contributed by atoms with van der Waals surface area (Å²) in [5, 5.41) is 0. The Labute approximate surface area is 225 Å². The Morgan fingerprint density at radius 2 is 0.714 bits per heavy atom. The molecule has 0 rings (SSSR count). The summed E-state index contributed by atoms with van der Waals surface area (Å²) >= 11 is -3.94. The molecule has 3 nitrogen and oxygen atoms in total. The fourth-order valence-corrected chi connectivity index (χ4v) is 0. The van der Waals surface area contributed by atoms with Gasteiger partial charge in [-0.2, -0.15) is 0 Å². The molecule has 0 aliphatic rings. The van der Waals surface area contributed by atoms with E-state index in [0.717, 1.165) is 0 Å². The fourth-order valence-electron chi connectivity index (χ4n) is 0. The van der Waals surface area contributed by atoms with Gasteiger partial charge in [0.15, 0.2) is 0 Å². The van der Waals surface area contributed by atoms with Crippen LogP contribution in [0.5, 0.6) is 0 Å². The molecule has 0 bridgehead atoms. The van der Waals surface area contributed by atoms with E-state index in [9.17, 15) is 0 Å². The Morgan fingerprint density at radius 1 is 0.714 bits per heavy atom. The van der Waals surface area contributed by atoms with Gasteiger partial charge in [-0.3, -0.25) is 0 Å². The molecule has 0 aromatic carbocycles. The molecule has 0 aliphatic carbocycles. The summed E-state index contributed by atoms with van der Waals surface area (Å²) in [6.07, 6.45) is 0. The van der Waals surface area contributed by atoms with Crippen molar-refractivity contribution in [3.63, 3.8) is 0 Å². The average molecular weight is 522 g/mol. The van der Waals surface area contributed by atoms with Crippen LogP contribution in [0.15, 0.2) is 0 Å². The normalized spacial score (nSPS) is 5.14. The van der Waals surface area contributed by atoms with Crippen LogP contribution in [-0.2, 0) is 0 Å². The van der Waals surface area contributed by atoms with Gasteiger partial charge in [-0.05, 0) is 0 Å². The Bertz CT molecular complexity index is 14.9. The molecule has 0 spiro atoms. The summed E-state index contributed by atoms with van der Waals surface area (Å²) in [5.41, 5.74) is 0. The third kappa shape index (κ3) is 32.5. The van der Waals surface area contributed by atoms with Gasteiger partial charge in [-0.1, -0.05) is 0 Å². The number of rotatable bonds is 0. The first kappa shape index (κ1) is 23.4. The first-order valence-electron chi connectivity index (χ1n) is 0.548. The molecule has 7 heteroatoms. The van der Waals surface area contributed by atoms with Crippen LogP contribution in [0.4, 0.5) is 0 Å². The Kier molecular flexibility index (Phi) is 61.5. The molecule has 0 saturated heterocycles. The van der Waals surface area contributed by atoms with Crippen LogP contribution >= 0.6 is 0 Å². The molecular formula is AsCs3O3. The van der Waals surface area contributed by atoms with Crippen LogP contribution in [0, 0.1) is 0 Å². The van der Waals surface area contributed by atoms with Crippen molar-refractivity contribution in [2.24, 2.45) is 0 Å². The van der Waals surface area contributed by atoms with Gasteiger partial charge >= 0.3 is 235 Å². The topological polar surface area (TPSA) is 69.2 Å². The molecular weight excluding hydrogens is 522 g/mol. The minimum atomic E-state index is -3.94. The van der Waals surface area contributed by atoms with Crippen LogP contribution in [-0.4, -0.2) is 15.7 Å². The standard InChI is InChI=1S/AsO3.3Cs/c2-1(3)4;;;/q-3;3*+1. The molecule has 0 unspecified atom stereocenters. The molecule has 0 atom stereocenters. The van der Waals surface area contributed by atoms with Crippen LogP contribution in [0.2, 0.25) is 0 Å². The summed E-state index contributed by atoms with van der Waals surface area (Å²) < 4.78 is 25.7. The summed E-state index contributed by atoms with van der Waals surface area (Å²) in [5.74, 6) is 0. The first-order chi connectivity index (χ1) is 1.73. The Hall–Kier alpha value is 6.59. The fraction of sp³-hybridized carbons (Fsp3) is 0. The van der Waals surface area contributed by atoms with E-state index in [1.165, 1.54) is 0 Å². The van der Waals surface area contributed by atoms with Gasteiger partial charge in [0.1, 0.15) is 0 Å². The second-order valence-electron chi connectivity index (χ2n) is 0.224. The van der Waals surface area contributed by atoms with Crippen molar-refractivity contribution in [1.82, 2.24) is 0 Å². The third-order valence-corrected chi connectivity index (χ3v) is 0. The van der Waals surface area contributed by atoms with E-state index in [0.29, 0.717) is 0 Å². The molecule has 0 aromatic rings. The van der Waals surface area contributed by atoms with Crippen molar-refractivity contribution in [3.8, 4) is 0 Å². The van der Waals surface area contributed by atoms with Crippen molar-refractivity contribution >= 4 is 15.7 Å². The summed E-state index contributed by atoms with van der Waals surface area (Å²) in [6, 6.07) is 0. The SMILES string of the molecule is [Cs+].[Cs+].[Cs+].[O-][As]([O-])[O-]. The first-order valence-corrected chi connectivity index (χ1v) is 2.85. The predicted molar refractivity (Wildman–Crippen MR) is 5.75 cm³/mol. The van der Waals surface area contributed by atoms with Gasteiger partial charge in [0.2, 0.25) is 0 Å². The van der Waals surface area contributed by atoms with Gasteiger partial charge in [-0.15, -0.1) is 0 Å².